The highest BCUT2D eigenvalue weighted by Crippen LogP contribution is 2.59. The van der Waals surface area contributed by atoms with Gasteiger partial charge < -0.3 is 0 Å². The molecule has 0 N–H and O–H groups in total. The molecule has 0 aliphatic heterocycles. The van der Waals surface area contributed by atoms with Gasteiger partial charge in [-0.25, -0.2) is 0 Å². The summed E-state index contributed by atoms with van der Waals surface area (Å²) in [6.45, 7) is 4.08. The van der Waals surface area contributed by atoms with Crippen LogP contribution in [0.25, 0.3) is 21.5 Å². The molecule has 0 aromatic heterocycles. The van der Waals surface area contributed by atoms with E-state index >= 15 is 19.2 Å². The summed E-state index contributed by atoms with van der Waals surface area (Å²) in [5.74, 6) is -4.56. The number of carbonyl (C=O) groups is 4. The minimum atomic E-state index is -0.830. The second kappa shape index (κ2) is 17.3. The van der Waals surface area contributed by atoms with Gasteiger partial charge >= 0.3 is 0 Å². The molecular weight excluding hydrogens is 765 g/mol. The summed E-state index contributed by atoms with van der Waals surface area (Å²) in [5.41, 5.74) is 6.10. The third-order valence-electron chi connectivity index (χ3n) is 12.5. The molecule has 1 fully saturated rings. The van der Waals surface area contributed by atoms with Gasteiger partial charge in [-0.05, 0) is 69.8 Å². The Morgan fingerprint density at radius 1 is 0.387 bits per heavy atom. The van der Waals surface area contributed by atoms with Crippen molar-refractivity contribution >= 4 is 45.2 Å². The van der Waals surface area contributed by atoms with Gasteiger partial charge in [-0.1, -0.05) is 193 Å². The van der Waals surface area contributed by atoms with Crippen LogP contribution in [-0.4, -0.2) is 33.4 Å². The van der Waals surface area contributed by atoms with Crippen LogP contribution >= 0.6 is 0 Å². The number of amides is 4. The maximum absolute atomic E-state index is 15.8. The predicted molar refractivity (Wildman–Crippen MR) is 245 cm³/mol. The number of carbonyl (C=O) groups excluding carboxylic acids is 4. The number of imide groups is 2. The Hall–Kier alpha value is -7.44. The fraction of sp³-hybridized carbons (Fsp3) is 0.143. The van der Waals surface area contributed by atoms with Crippen LogP contribution in [-0.2, 0) is 22.7 Å². The number of hydrogen-bond donors (Lipinski definition) is 0. The first-order chi connectivity index (χ1) is 30.3. The molecule has 8 aromatic rings. The van der Waals surface area contributed by atoms with E-state index in [-0.39, 0.29) is 24.9 Å². The van der Waals surface area contributed by atoms with Crippen LogP contribution in [0.5, 0.6) is 0 Å². The van der Waals surface area contributed by atoms with Gasteiger partial charge in [0.25, 0.3) is 11.8 Å². The number of nitrogens with zero attached hydrogens (tertiary/aromatic N) is 2. The third kappa shape index (κ3) is 7.72. The molecule has 0 bridgehead atoms. The first-order valence-corrected chi connectivity index (χ1v) is 21.1. The number of fused-ring (bicyclic) bond motifs is 2. The molecule has 0 heterocycles. The molecule has 62 heavy (non-hydrogen) atoms. The largest absolute Gasteiger partial charge is 0.274 e. The van der Waals surface area contributed by atoms with Crippen LogP contribution in [0.1, 0.15) is 65.9 Å². The molecule has 304 valence electrons. The summed E-state index contributed by atoms with van der Waals surface area (Å²) in [7, 11) is 0. The second-order valence-electron chi connectivity index (χ2n) is 16.4. The van der Waals surface area contributed by atoms with Gasteiger partial charge in [0.15, 0.2) is 0 Å². The van der Waals surface area contributed by atoms with E-state index in [0.29, 0.717) is 11.1 Å². The van der Waals surface area contributed by atoms with Crippen LogP contribution in [0.15, 0.2) is 194 Å². The van der Waals surface area contributed by atoms with Crippen molar-refractivity contribution in [3.8, 4) is 0 Å². The lowest BCUT2D eigenvalue weighted by Crippen LogP contribution is -2.58. The summed E-state index contributed by atoms with van der Waals surface area (Å²) in [6, 6.07) is 61.5. The molecule has 9 rings (SSSR count). The zero-order valence-corrected chi connectivity index (χ0v) is 34.7. The highest BCUT2D eigenvalue weighted by atomic mass is 16.2. The van der Waals surface area contributed by atoms with Crippen molar-refractivity contribution in [3.63, 3.8) is 0 Å². The molecule has 0 unspecified atom stereocenters. The Morgan fingerprint density at radius 2 is 0.726 bits per heavy atom. The van der Waals surface area contributed by atoms with E-state index < -0.39 is 35.5 Å². The minimum absolute atomic E-state index is 0.0395. The van der Waals surface area contributed by atoms with E-state index in [1.165, 1.54) is 9.80 Å². The first kappa shape index (κ1) is 40.0. The normalized spacial score (nSPS) is 16.9. The van der Waals surface area contributed by atoms with Crippen LogP contribution in [0, 0.1) is 25.7 Å². The molecule has 4 amide bonds. The van der Waals surface area contributed by atoms with Gasteiger partial charge in [0.05, 0.1) is 24.9 Å². The van der Waals surface area contributed by atoms with E-state index in [9.17, 15) is 0 Å². The summed E-state index contributed by atoms with van der Waals surface area (Å²) in [6.07, 6.45) is 0. The molecule has 1 aliphatic carbocycles. The van der Waals surface area contributed by atoms with E-state index in [4.69, 9.17) is 0 Å². The van der Waals surface area contributed by atoms with Crippen LogP contribution in [0.4, 0.5) is 0 Å². The molecule has 0 atom stereocenters. The lowest BCUT2D eigenvalue weighted by atomic mass is 9.51. The van der Waals surface area contributed by atoms with Crippen molar-refractivity contribution < 1.29 is 19.2 Å². The van der Waals surface area contributed by atoms with E-state index in [1.807, 2.05) is 196 Å². The lowest BCUT2D eigenvalue weighted by molar-refractivity contribution is -0.150. The fourth-order valence-electron chi connectivity index (χ4n) is 9.28. The third-order valence-corrected chi connectivity index (χ3v) is 12.5. The Bertz CT molecular complexity index is 2710. The summed E-state index contributed by atoms with van der Waals surface area (Å²) < 4.78 is 0. The van der Waals surface area contributed by atoms with Crippen molar-refractivity contribution in [2.24, 2.45) is 11.8 Å². The molecule has 0 spiro atoms. The van der Waals surface area contributed by atoms with Crippen molar-refractivity contribution in [2.45, 2.75) is 38.8 Å². The molecule has 1 aliphatic rings. The number of hydrogen-bond acceptors (Lipinski definition) is 4. The smallest absolute Gasteiger partial charge is 0.261 e. The SMILES string of the molecule is Cc1ccc(C2C(C(=O)N(Cc3ccccc3)C(=O)c3cccc4ccccc34)C(c3ccc(C)cc3)C2C(=O)N(Cc2ccccc2)C(=O)c2cccc3ccccc23)cc1. The molecule has 0 radical (unpaired) electrons. The highest BCUT2D eigenvalue weighted by Gasteiger charge is 2.60. The quantitative estimate of drug-likeness (QED) is 0.129. The number of aryl methyl sites for hydroxylation is 2. The highest BCUT2D eigenvalue weighted by molar-refractivity contribution is 6.15. The topological polar surface area (TPSA) is 74.8 Å². The van der Waals surface area contributed by atoms with E-state index in [1.54, 1.807) is 12.1 Å². The van der Waals surface area contributed by atoms with Crippen LogP contribution in [0.3, 0.4) is 0 Å². The van der Waals surface area contributed by atoms with Gasteiger partial charge in [-0.3, -0.25) is 29.0 Å². The Morgan fingerprint density at radius 3 is 1.11 bits per heavy atom. The first-order valence-electron chi connectivity index (χ1n) is 21.1. The molecule has 8 aromatic carbocycles. The standard InChI is InChI=1S/C56H46N2O4/c1-37-27-31-43(32-28-37)49-51(55(61)57(35-39-15-5-3-6-16-39)53(59)47-25-13-21-41-19-9-11-23-45(41)47)50(44-33-29-38(2)30-34-44)52(49)56(62)58(36-40-17-7-4-8-18-40)54(60)48-26-14-22-42-20-10-12-24-46(42)48/h3-34,49-52H,35-36H2,1-2H3. The van der Waals surface area contributed by atoms with Gasteiger partial charge in [0.2, 0.25) is 11.8 Å². The van der Waals surface area contributed by atoms with Gasteiger partial charge in [0.1, 0.15) is 0 Å². The van der Waals surface area contributed by atoms with Crippen molar-refractivity contribution in [3.05, 3.63) is 239 Å². The molecule has 6 heteroatoms. The Labute approximate surface area is 362 Å². The second-order valence-corrected chi connectivity index (χ2v) is 16.4. The average molecular weight is 811 g/mol. The molecule has 1 saturated carbocycles. The number of rotatable bonds is 10. The van der Waals surface area contributed by atoms with Gasteiger partial charge in [-0.2, -0.15) is 0 Å². The number of benzene rings is 8. The zero-order chi connectivity index (χ0) is 42.7. The van der Waals surface area contributed by atoms with E-state index in [0.717, 1.165) is 54.9 Å². The van der Waals surface area contributed by atoms with Crippen molar-refractivity contribution in [1.29, 1.82) is 0 Å². The fourth-order valence-corrected chi connectivity index (χ4v) is 9.28. The zero-order valence-electron chi connectivity index (χ0n) is 34.7. The monoisotopic (exact) mass is 810 g/mol. The molecule has 0 saturated heterocycles. The average Bonchev–Trinajstić information content (AvgIpc) is 3.30. The van der Waals surface area contributed by atoms with Gasteiger partial charge in [0, 0.05) is 23.0 Å². The molecule has 6 nitrogen and oxygen atoms in total. The van der Waals surface area contributed by atoms with Crippen molar-refractivity contribution in [1.82, 2.24) is 9.80 Å². The predicted octanol–water partition coefficient (Wildman–Crippen LogP) is 11.5. The Balaban J connectivity index is 1.20. The summed E-state index contributed by atoms with van der Waals surface area (Å²) >= 11 is 0. The Kier molecular flexibility index (Phi) is 11.1. The van der Waals surface area contributed by atoms with E-state index in [2.05, 4.69) is 0 Å². The summed E-state index contributed by atoms with van der Waals surface area (Å²) in [5, 5.41) is 3.29. The van der Waals surface area contributed by atoms with Crippen molar-refractivity contribution in [2.75, 3.05) is 0 Å². The van der Waals surface area contributed by atoms with Crippen LogP contribution < -0.4 is 0 Å². The van der Waals surface area contributed by atoms with Crippen LogP contribution in [0.2, 0.25) is 0 Å². The van der Waals surface area contributed by atoms with Gasteiger partial charge in [-0.15, -0.1) is 0 Å². The lowest BCUT2D eigenvalue weighted by Gasteiger charge is -2.52. The molecular formula is C56H46N2O4. The minimum Gasteiger partial charge on any atom is -0.274 e. The maximum atomic E-state index is 15.8. The maximum Gasteiger partial charge on any atom is 0.261 e. The summed E-state index contributed by atoms with van der Waals surface area (Å²) in [4.78, 5) is 64.6.